The van der Waals surface area contributed by atoms with Crippen molar-refractivity contribution in [3.8, 4) is 11.8 Å². The first-order valence-electron chi connectivity index (χ1n) is 9.02. The highest BCUT2D eigenvalue weighted by atomic mass is 19.1. The Labute approximate surface area is 168 Å². The third-order valence-corrected chi connectivity index (χ3v) is 4.30. The van der Waals surface area contributed by atoms with Crippen molar-refractivity contribution < 1.29 is 13.9 Å². The number of aryl methyl sites for hydroxylation is 1. The van der Waals surface area contributed by atoms with Crippen LogP contribution in [0.3, 0.4) is 0 Å². The van der Waals surface area contributed by atoms with E-state index < -0.39 is 5.91 Å². The van der Waals surface area contributed by atoms with Crippen LogP contribution >= 0.6 is 0 Å². The summed E-state index contributed by atoms with van der Waals surface area (Å²) in [5.74, 6) is -0.222. The van der Waals surface area contributed by atoms with Crippen LogP contribution in [0.2, 0.25) is 0 Å². The van der Waals surface area contributed by atoms with Gasteiger partial charge in [-0.25, -0.2) is 4.39 Å². The predicted molar refractivity (Wildman–Crippen MR) is 111 cm³/mol. The molecule has 0 saturated heterocycles. The lowest BCUT2D eigenvalue weighted by Crippen LogP contribution is -2.14. The van der Waals surface area contributed by atoms with Gasteiger partial charge in [-0.2, -0.15) is 5.26 Å². The molecule has 29 heavy (non-hydrogen) atoms. The molecule has 0 spiro atoms. The monoisotopic (exact) mass is 386 g/mol. The highest BCUT2D eigenvalue weighted by Crippen LogP contribution is 2.18. The van der Waals surface area contributed by atoms with Crippen molar-refractivity contribution in [1.82, 2.24) is 0 Å². The smallest absolute Gasteiger partial charge is 0.266 e. The fraction of sp³-hybridized carbons (Fsp3) is 0.0833. The molecule has 0 aliphatic heterocycles. The maximum absolute atomic E-state index is 13.6. The van der Waals surface area contributed by atoms with E-state index in [1.165, 1.54) is 12.1 Å². The lowest BCUT2D eigenvalue weighted by Gasteiger charge is -2.08. The number of anilines is 1. The molecular formula is C24H19FN2O2. The molecule has 5 heteroatoms. The Morgan fingerprint density at radius 3 is 2.45 bits per heavy atom. The zero-order valence-electron chi connectivity index (χ0n) is 15.9. The minimum absolute atomic E-state index is 0.00622. The number of halogens is 1. The average Bonchev–Trinajstić information content (AvgIpc) is 2.74. The summed E-state index contributed by atoms with van der Waals surface area (Å²) >= 11 is 0. The highest BCUT2D eigenvalue weighted by molar-refractivity contribution is 6.09. The first-order valence-corrected chi connectivity index (χ1v) is 9.02. The number of rotatable bonds is 6. The summed E-state index contributed by atoms with van der Waals surface area (Å²) in [4.78, 5) is 12.4. The van der Waals surface area contributed by atoms with E-state index in [1.54, 1.807) is 48.5 Å². The highest BCUT2D eigenvalue weighted by Gasteiger charge is 2.10. The summed E-state index contributed by atoms with van der Waals surface area (Å²) in [6, 6.07) is 22.6. The molecular weight excluding hydrogens is 367 g/mol. The number of hydrogen-bond donors (Lipinski definition) is 1. The fourth-order valence-electron chi connectivity index (χ4n) is 2.65. The first kappa shape index (κ1) is 19.8. The van der Waals surface area contributed by atoms with Crippen LogP contribution in [0.15, 0.2) is 78.4 Å². The van der Waals surface area contributed by atoms with Gasteiger partial charge in [0, 0.05) is 11.3 Å². The molecule has 0 unspecified atom stereocenters. The van der Waals surface area contributed by atoms with Crippen LogP contribution in [0.5, 0.6) is 5.75 Å². The summed E-state index contributed by atoms with van der Waals surface area (Å²) in [5.41, 5.74) is 2.72. The minimum Gasteiger partial charge on any atom is -0.489 e. The van der Waals surface area contributed by atoms with Gasteiger partial charge in [0.2, 0.25) is 0 Å². The maximum atomic E-state index is 13.6. The van der Waals surface area contributed by atoms with Crippen molar-refractivity contribution in [3.63, 3.8) is 0 Å². The molecule has 0 bridgehead atoms. The standard InChI is InChI=1S/C24H19FN2O2/c1-17-6-2-5-9-23(17)27-24(28)20(15-26)14-18-10-12-21(13-11-18)29-16-19-7-3-4-8-22(19)25/h2-14H,16H2,1H3,(H,27,28)/b20-14+. The Morgan fingerprint density at radius 1 is 1.07 bits per heavy atom. The second kappa shape index (κ2) is 9.34. The normalized spacial score (nSPS) is 10.9. The summed E-state index contributed by atoms with van der Waals surface area (Å²) in [6.07, 6.45) is 1.51. The van der Waals surface area contributed by atoms with E-state index in [9.17, 15) is 14.4 Å². The number of nitriles is 1. The molecule has 144 valence electrons. The van der Waals surface area contributed by atoms with E-state index in [4.69, 9.17) is 4.74 Å². The van der Waals surface area contributed by atoms with Gasteiger partial charge in [0.1, 0.15) is 29.8 Å². The van der Waals surface area contributed by atoms with E-state index in [0.29, 0.717) is 22.6 Å². The van der Waals surface area contributed by atoms with Gasteiger partial charge in [0.15, 0.2) is 0 Å². The number of amides is 1. The zero-order valence-corrected chi connectivity index (χ0v) is 15.9. The molecule has 0 aliphatic carbocycles. The van der Waals surface area contributed by atoms with Crippen molar-refractivity contribution in [3.05, 3.63) is 101 Å². The lowest BCUT2D eigenvalue weighted by atomic mass is 10.1. The Kier molecular flexibility index (Phi) is 6.39. The zero-order chi connectivity index (χ0) is 20.6. The summed E-state index contributed by atoms with van der Waals surface area (Å²) in [5, 5.41) is 12.1. The number of carbonyl (C=O) groups excluding carboxylic acids is 1. The summed E-state index contributed by atoms with van der Waals surface area (Å²) in [7, 11) is 0. The number of nitrogens with one attached hydrogen (secondary N) is 1. The van der Waals surface area contributed by atoms with Crippen molar-refractivity contribution in [1.29, 1.82) is 5.26 Å². The number of hydrogen-bond acceptors (Lipinski definition) is 3. The average molecular weight is 386 g/mol. The Balaban J connectivity index is 1.67. The summed E-state index contributed by atoms with van der Waals surface area (Å²) in [6.45, 7) is 2.00. The second-order valence-corrected chi connectivity index (χ2v) is 6.39. The van der Waals surface area contributed by atoms with Crippen LogP contribution in [0.4, 0.5) is 10.1 Å². The van der Waals surface area contributed by atoms with Crippen LogP contribution in [0, 0.1) is 24.1 Å². The number of benzene rings is 3. The molecule has 3 aromatic rings. The van der Waals surface area contributed by atoms with Crippen LogP contribution in [0.25, 0.3) is 6.08 Å². The number of carbonyl (C=O) groups is 1. The van der Waals surface area contributed by atoms with E-state index in [-0.39, 0.29) is 18.0 Å². The molecule has 1 N–H and O–H groups in total. The van der Waals surface area contributed by atoms with Crippen molar-refractivity contribution >= 4 is 17.7 Å². The largest absolute Gasteiger partial charge is 0.489 e. The Hall–Kier alpha value is -3.91. The molecule has 3 rings (SSSR count). The van der Waals surface area contributed by atoms with E-state index in [2.05, 4.69) is 5.32 Å². The van der Waals surface area contributed by atoms with Crippen LogP contribution in [-0.4, -0.2) is 5.91 Å². The Morgan fingerprint density at radius 2 is 1.76 bits per heavy atom. The molecule has 0 aromatic heterocycles. The van der Waals surface area contributed by atoms with Crippen molar-refractivity contribution in [2.75, 3.05) is 5.32 Å². The molecule has 0 atom stereocenters. The van der Waals surface area contributed by atoms with E-state index >= 15 is 0 Å². The van der Waals surface area contributed by atoms with E-state index in [1.807, 2.05) is 31.2 Å². The fourth-order valence-corrected chi connectivity index (χ4v) is 2.65. The third kappa shape index (κ3) is 5.30. The SMILES string of the molecule is Cc1ccccc1NC(=O)/C(C#N)=C/c1ccc(OCc2ccccc2F)cc1. The van der Waals surface area contributed by atoms with Crippen LogP contribution in [-0.2, 0) is 11.4 Å². The molecule has 1 amide bonds. The lowest BCUT2D eigenvalue weighted by molar-refractivity contribution is -0.112. The van der Waals surface area contributed by atoms with Gasteiger partial charge in [-0.05, 0) is 48.4 Å². The molecule has 3 aromatic carbocycles. The van der Waals surface area contributed by atoms with E-state index in [0.717, 1.165) is 5.56 Å². The molecule has 0 radical (unpaired) electrons. The van der Waals surface area contributed by atoms with Gasteiger partial charge >= 0.3 is 0 Å². The molecule has 0 fully saturated rings. The van der Waals surface area contributed by atoms with Gasteiger partial charge in [-0.15, -0.1) is 0 Å². The number of nitrogens with zero attached hydrogens (tertiary/aromatic N) is 1. The van der Waals surface area contributed by atoms with Gasteiger partial charge in [0.05, 0.1) is 0 Å². The van der Waals surface area contributed by atoms with Crippen LogP contribution < -0.4 is 10.1 Å². The van der Waals surface area contributed by atoms with Gasteiger partial charge < -0.3 is 10.1 Å². The van der Waals surface area contributed by atoms with Crippen molar-refractivity contribution in [2.24, 2.45) is 0 Å². The predicted octanol–water partition coefficient (Wildman–Crippen LogP) is 5.26. The molecule has 0 saturated carbocycles. The van der Waals surface area contributed by atoms with Gasteiger partial charge in [0.25, 0.3) is 5.91 Å². The summed E-state index contributed by atoms with van der Waals surface area (Å²) < 4.78 is 19.2. The third-order valence-electron chi connectivity index (χ3n) is 4.30. The Bertz CT molecular complexity index is 1080. The number of ether oxygens (including phenoxy) is 1. The van der Waals surface area contributed by atoms with Gasteiger partial charge in [-0.1, -0.05) is 48.5 Å². The molecule has 0 aliphatic rings. The van der Waals surface area contributed by atoms with Crippen LogP contribution in [0.1, 0.15) is 16.7 Å². The maximum Gasteiger partial charge on any atom is 0.266 e. The quantitative estimate of drug-likeness (QED) is 0.464. The molecule has 4 nitrogen and oxygen atoms in total. The topological polar surface area (TPSA) is 62.1 Å². The van der Waals surface area contributed by atoms with Crippen molar-refractivity contribution in [2.45, 2.75) is 13.5 Å². The molecule has 0 heterocycles. The second-order valence-electron chi connectivity index (χ2n) is 6.39. The first-order chi connectivity index (χ1) is 14.1. The van der Waals surface area contributed by atoms with Gasteiger partial charge in [-0.3, -0.25) is 4.79 Å². The minimum atomic E-state index is -0.471. The number of para-hydroxylation sites is 1.